The molecule has 0 amide bonds. The summed E-state index contributed by atoms with van der Waals surface area (Å²) in [7, 11) is -2.49. The van der Waals surface area contributed by atoms with Gasteiger partial charge in [-0.25, -0.2) is 0 Å². The Morgan fingerprint density at radius 1 is 0.500 bits per heavy atom. The van der Waals surface area contributed by atoms with E-state index in [0.29, 0.717) is 5.54 Å². The van der Waals surface area contributed by atoms with Gasteiger partial charge in [0.2, 0.25) is 0 Å². The van der Waals surface area contributed by atoms with Gasteiger partial charge in [-0.05, 0) is 81.9 Å². The zero-order valence-electron chi connectivity index (χ0n) is 26.0. The van der Waals surface area contributed by atoms with Crippen LogP contribution in [0.5, 0.6) is 0 Å². The molecule has 0 fully saturated rings. The minimum Gasteiger partial charge on any atom is -0.0787 e. The van der Waals surface area contributed by atoms with Crippen LogP contribution in [-0.2, 0) is 19.3 Å². The maximum Gasteiger partial charge on any atom is 0.158 e. The van der Waals surface area contributed by atoms with E-state index >= 15 is 0 Å². The Bertz CT molecular complexity index is 1320. The standard InChI is InChI=1S/C41H48Si/c1-4-7-13-33-18-25-38(26-19-33)42(39-27-20-34(21-28-39)14-8-5-2,40-29-22-35(23-30-40)15-9-6-3)41-31-24-37(32-41)36-16-11-10-12-17-36/h10-12,16-32,41H,4-9,13-15H2,1-3H3. The summed E-state index contributed by atoms with van der Waals surface area (Å²) in [6.45, 7) is 6.84. The molecule has 0 aliphatic heterocycles. The van der Waals surface area contributed by atoms with Gasteiger partial charge in [-0.1, -0.05) is 161 Å². The summed E-state index contributed by atoms with van der Waals surface area (Å²) in [5.41, 5.74) is 7.34. The van der Waals surface area contributed by atoms with Crippen molar-refractivity contribution in [3.05, 3.63) is 144 Å². The summed E-state index contributed by atoms with van der Waals surface area (Å²) in [5, 5.41) is 4.52. The lowest BCUT2D eigenvalue weighted by Crippen LogP contribution is -2.69. The van der Waals surface area contributed by atoms with Crippen molar-refractivity contribution in [1.82, 2.24) is 0 Å². The fourth-order valence-electron chi connectivity index (χ4n) is 6.63. The maximum atomic E-state index is 2.57. The zero-order valence-corrected chi connectivity index (χ0v) is 27.0. The van der Waals surface area contributed by atoms with Crippen LogP contribution in [0.4, 0.5) is 0 Å². The second-order valence-corrected chi connectivity index (χ2v) is 16.1. The molecule has 0 nitrogen and oxygen atoms in total. The molecule has 0 spiro atoms. The van der Waals surface area contributed by atoms with E-state index in [4.69, 9.17) is 0 Å². The van der Waals surface area contributed by atoms with Crippen LogP contribution in [0.1, 0.15) is 81.5 Å². The second-order valence-electron chi connectivity index (χ2n) is 12.1. The molecule has 0 radical (unpaired) electrons. The van der Waals surface area contributed by atoms with Gasteiger partial charge in [-0.15, -0.1) is 0 Å². The lowest BCUT2D eigenvalue weighted by atomic mass is 10.1. The Balaban J connectivity index is 1.69. The molecule has 4 aromatic carbocycles. The van der Waals surface area contributed by atoms with Crippen LogP contribution in [0.2, 0.25) is 5.54 Å². The number of allylic oxidation sites excluding steroid dienone is 4. The van der Waals surface area contributed by atoms with Gasteiger partial charge >= 0.3 is 0 Å². The number of benzene rings is 4. The van der Waals surface area contributed by atoms with E-state index in [2.05, 4.69) is 142 Å². The Labute approximate surface area is 256 Å². The molecular weight excluding hydrogens is 521 g/mol. The molecule has 42 heavy (non-hydrogen) atoms. The average molecular weight is 569 g/mol. The quantitative estimate of drug-likeness (QED) is 0.105. The third kappa shape index (κ3) is 6.63. The van der Waals surface area contributed by atoms with Gasteiger partial charge in [-0.2, -0.15) is 0 Å². The molecule has 0 heterocycles. The van der Waals surface area contributed by atoms with Gasteiger partial charge < -0.3 is 0 Å². The molecule has 0 aromatic heterocycles. The van der Waals surface area contributed by atoms with Crippen LogP contribution < -0.4 is 15.6 Å². The Morgan fingerprint density at radius 2 is 0.905 bits per heavy atom. The van der Waals surface area contributed by atoms with Crippen molar-refractivity contribution >= 4 is 29.2 Å². The van der Waals surface area contributed by atoms with E-state index < -0.39 is 8.07 Å². The van der Waals surface area contributed by atoms with Gasteiger partial charge in [0, 0.05) is 5.54 Å². The molecule has 5 rings (SSSR count). The molecule has 1 aliphatic rings. The van der Waals surface area contributed by atoms with Crippen molar-refractivity contribution in [1.29, 1.82) is 0 Å². The summed E-state index contributed by atoms with van der Waals surface area (Å²) in [4.78, 5) is 0. The van der Waals surface area contributed by atoms with Crippen LogP contribution in [0.3, 0.4) is 0 Å². The molecule has 0 saturated carbocycles. The number of unbranched alkanes of at least 4 members (excludes halogenated alkanes) is 3. The first-order valence-corrected chi connectivity index (χ1v) is 18.5. The van der Waals surface area contributed by atoms with Crippen molar-refractivity contribution in [3.63, 3.8) is 0 Å². The second kappa shape index (κ2) is 14.7. The summed E-state index contributed by atoms with van der Waals surface area (Å²) in [5.74, 6) is 0. The van der Waals surface area contributed by atoms with Crippen molar-refractivity contribution in [2.24, 2.45) is 0 Å². The molecule has 0 bridgehead atoms. The van der Waals surface area contributed by atoms with Crippen LogP contribution in [0, 0.1) is 0 Å². The molecular formula is C41H48Si. The predicted octanol–water partition coefficient (Wildman–Crippen LogP) is 9.21. The van der Waals surface area contributed by atoms with E-state index in [1.165, 1.54) is 81.9 Å². The summed E-state index contributed by atoms with van der Waals surface area (Å²) in [6, 6.07) is 40.3. The first-order valence-electron chi connectivity index (χ1n) is 16.4. The lowest BCUT2D eigenvalue weighted by Gasteiger charge is -2.38. The number of hydrogen-bond donors (Lipinski definition) is 0. The molecule has 1 heteroatoms. The maximum absolute atomic E-state index is 2.57. The van der Waals surface area contributed by atoms with Crippen LogP contribution in [0.15, 0.2) is 121 Å². The average Bonchev–Trinajstić information content (AvgIpc) is 3.55. The Morgan fingerprint density at radius 3 is 1.29 bits per heavy atom. The number of rotatable bonds is 14. The van der Waals surface area contributed by atoms with Crippen LogP contribution in [-0.4, -0.2) is 8.07 Å². The highest BCUT2D eigenvalue weighted by molar-refractivity contribution is 7.13. The molecule has 0 saturated heterocycles. The highest BCUT2D eigenvalue weighted by Crippen LogP contribution is 2.35. The normalized spacial score (nSPS) is 14.7. The Hall–Kier alpha value is -3.42. The van der Waals surface area contributed by atoms with Crippen molar-refractivity contribution in [3.8, 4) is 0 Å². The van der Waals surface area contributed by atoms with E-state index in [-0.39, 0.29) is 0 Å². The van der Waals surface area contributed by atoms with Gasteiger partial charge in [0.1, 0.15) is 0 Å². The Kier molecular flexibility index (Phi) is 10.5. The van der Waals surface area contributed by atoms with E-state index in [1.54, 1.807) is 0 Å². The molecule has 216 valence electrons. The highest BCUT2D eigenvalue weighted by Gasteiger charge is 2.45. The minimum absolute atomic E-state index is 0.331. The topological polar surface area (TPSA) is 0 Å². The first kappa shape index (κ1) is 30.0. The summed E-state index contributed by atoms with van der Waals surface area (Å²) in [6.07, 6.45) is 18.4. The number of hydrogen-bond acceptors (Lipinski definition) is 0. The van der Waals surface area contributed by atoms with Crippen molar-refractivity contribution in [2.45, 2.75) is 84.1 Å². The van der Waals surface area contributed by atoms with Crippen molar-refractivity contribution < 1.29 is 0 Å². The minimum atomic E-state index is -2.49. The van der Waals surface area contributed by atoms with Crippen molar-refractivity contribution in [2.75, 3.05) is 0 Å². The number of aryl methyl sites for hydroxylation is 3. The smallest absolute Gasteiger partial charge is 0.0787 e. The predicted molar refractivity (Wildman–Crippen MR) is 187 cm³/mol. The van der Waals surface area contributed by atoms with Gasteiger partial charge in [0.25, 0.3) is 0 Å². The third-order valence-corrected chi connectivity index (χ3v) is 14.2. The summed E-state index contributed by atoms with van der Waals surface area (Å²) >= 11 is 0. The van der Waals surface area contributed by atoms with Crippen LogP contribution >= 0.6 is 0 Å². The molecule has 0 N–H and O–H groups in total. The largest absolute Gasteiger partial charge is 0.158 e. The molecule has 1 atom stereocenters. The first-order chi connectivity index (χ1) is 20.7. The SMILES string of the molecule is CCCCc1ccc([Si](c2ccc(CCCC)cc2)(c2ccc(CCCC)cc2)C2C=CC(c3ccccc3)=C2)cc1. The monoisotopic (exact) mass is 568 g/mol. The molecule has 1 unspecified atom stereocenters. The fraction of sp³-hybridized carbons (Fsp3) is 0.317. The fourth-order valence-corrected chi connectivity index (χ4v) is 11.7. The van der Waals surface area contributed by atoms with E-state index in [9.17, 15) is 0 Å². The summed E-state index contributed by atoms with van der Waals surface area (Å²) < 4.78 is 0. The highest BCUT2D eigenvalue weighted by atomic mass is 28.3. The van der Waals surface area contributed by atoms with Gasteiger partial charge in [0.15, 0.2) is 8.07 Å². The molecule has 1 aliphatic carbocycles. The van der Waals surface area contributed by atoms with Gasteiger partial charge in [0.05, 0.1) is 0 Å². The lowest BCUT2D eigenvalue weighted by molar-refractivity contribution is 0.795. The van der Waals surface area contributed by atoms with Crippen LogP contribution in [0.25, 0.3) is 5.57 Å². The molecule has 4 aromatic rings. The zero-order chi connectivity index (χ0) is 29.2. The third-order valence-electron chi connectivity index (χ3n) is 9.13. The van der Waals surface area contributed by atoms with E-state index in [0.717, 1.165) is 19.3 Å². The van der Waals surface area contributed by atoms with E-state index in [1.807, 2.05) is 0 Å². The van der Waals surface area contributed by atoms with Gasteiger partial charge in [-0.3, -0.25) is 0 Å².